The number of amides is 1. The summed E-state index contributed by atoms with van der Waals surface area (Å²) in [6.45, 7) is 8.09. The van der Waals surface area contributed by atoms with Crippen LogP contribution in [0.3, 0.4) is 0 Å². The number of piperidine rings is 1. The van der Waals surface area contributed by atoms with Crippen molar-refractivity contribution in [1.82, 2.24) is 14.6 Å². The first kappa shape index (κ1) is 19.7. The number of thiazole rings is 1. The van der Waals surface area contributed by atoms with Crippen LogP contribution in [0.2, 0.25) is 0 Å². The van der Waals surface area contributed by atoms with Crippen molar-refractivity contribution in [2.24, 2.45) is 5.92 Å². The molecule has 1 aliphatic rings. The van der Waals surface area contributed by atoms with Gasteiger partial charge in [-0.15, -0.1) is 11.3 Å². The van der Waals surface area contributed by atoms with Crippen molar-refractivity contribution in [3.63, 3.8) is 0 Å². The molecule has 6 nitrogen and oxygen atoms in total. The van der Waals surface area contributed by atoms with Crippen LogP contribution in [-0.4, -0.2) is 42.7 Å². The molecular formula is C19H23N3O3S2. The summed E-state index contributed by atoms with van der Waals surface area (Å²) in [4.78, 5) is 16.2. The molecule has 2 atom stereocenters. The molecule has 2 unspecified atom stereocenters. The van der Waals surface area contributed by atoms with Crippen LogP contribution in [0.5, 0.6) is 0 Å². The Balaban J connectivity index is 1.73. The predicted molar refractivity (Wildman–Crippen MR) is 107 cm³/mol. The van der Waals surface area contributed by atoms with Gasteiger partial charge in [0.2, 0.25) is 15.9 Å². The Morgan fingerprint density at radius 3 is 2.63 bits per heavy atom. The van der Waals surface area contributed by atoms with Crippen LogP contribution in [0.4, 0.5) is 0 Å². The second-order valence-electron chi connectivity index (χ2n) is 6.72. The molecule has 8 heteroatoms. The Morgan fingerprint density at radius 1 is 1.37 bits per heavy atom. The molecule has 0 saturated carbocycles. The lowest BCUT2D eigenvalue weighted by Gasteiger charge is -2.36. The van der Waals surface area contributed by atoms with Crippen molar-refractivity contribution in [2.75, 3.05) is 13.1 Å². The summed E-state index contributed by atoms with van der Waals surface area (Å²) in [5.41, 5.74) is 1.76. The fourth-order valence-electron chi connectivity index (χ4n) is 3.22. The largest absolute Gasteiger partial charge is 0.349 e. The number of aryl methyl sites for hydroxylation is 1. The SMILES string of the molecule is C=CC(=O)NC1CCN(S(=O)(=O)c2ccc(-c3csc(C)n3)cc2)CC1C. The Labute approximate surface area is 164 Å². The minimum absolute atomic E-state index is 0.0229. The van der Waals surface area contributed by atoms with Gasteiger partial charge < -0.3 is 5.32 Å². The molecule has 2 heterocycles. The van der Waals surface area contributed by atoms with E-state index >= 15 is 0 Å². The normalized spacial score (nSPS) is 21.0. The Hall–Kier alpha value is -2.03. The number of aromatic nitrogens is 1. The van der Waals surface area contributed by atoms with Gasteiger partial charge in [-0.2, -0.15) is 4.31 Å². The third kappa shape index (κ3) is 4.28. The Morgan fingerprint density at radius 2 is 2.07 bits per heavy atom. The third-order valence-corrected chi connectivity index (χ3v) is 7.44. The third-order valence-electron chi connectivity index (χ3n) is 4.79. The second kappa shape index (κ2) is 7.92. The number of carbonyl (C=O) groups is 1. The van der Waals surface area contributed by atoms with Crippen LogP contribution in [-0.2, 0) is 14.8 Å². The quantitative estimate of drug-likeness (QED) is 0.776. The Kier molecular flexibility index (Phi) is 5.78. The maximum atomic E-state index is 13.0. The van der Waals surface area contributed by atoms with Crippen molar-refractivity contribution in [2.45, 2.75) is 31.2 Å². The molecule has 1 aromatic heterocycles. The average Bonchev–Trinajstić information content (AvgIpc) is 3.09. The monoisotopic (exact) mass is 405 g/mol. The second-order valence-corrected chi connectivity index (χ2v) is 9.72. The van der Waals surface area contributed by atoms with E-state index in [4.69, 9.17) is 0 Å². The van der Waals surface area contributed by atoms with Crippen LogP contribution in [0.25, 0.3) is 11.3 Å². The van der Waals surface area contributed by atoms with E-state index in [1.54, 1.807) is 35.6 Å². The molecule has 1 amide bonds. The van der Waals surface area contributed by atoms with Gasteiger partial charge in [-0.1, -0.05) is 25.6 Å². The topological polar surface area (TPSA) is 79.4 Å². The molecule has 0 bridgehead atoms. The molecule has 1 aliphatic heterocycles. The molecule has 1 saturated heterocycles. The van der Waals surface area contributed by atoms with Crippen molar-refractivity contribution in [3.05, 3.63) is 47.3 Å². The van der Waals surface area contributed by atoms with E-state index in [-0.39, 0.29) is 22.8 Å². The van der Waals surface area contributed by atoms with Crippen molar-refractivity contribution in [3.8, 4) is 11.3 Å². The zero-order valence-corrected chi connectivity index (χ0v) is 17.0. The summed E-state index contributed by atoms with van der Waals surface area (Å²) in [5.74, 6) is -0.203. The van der Waals surface area contributed by atoms with Gasteiger partial charge in [0.1, 0.15) is 0 Å². The number of rotatable bonds is 5. The minimum atomic E-state index is -3.56. The summed E-state index contributed by atoms with van der Waals surface area (Å²) in [7, 11) is -3.56. The zero-order chi connectivity index (χ0) is 19.6. The van der Waals surface area contributed by atoms with E-state index in [2.05, 4.69) is 16.9 Å². The highest BCUT2D eigenvalue weighted by molar-refractivity contribution is 7.89. The van der Waals surface area contributed by atoms with Crippen LogP contribution < -0.4 is 5.32 Å². The van der Waals surface area contributed by atoms with E-state index in [0.717, 1.165) is 16.3 Å². The highest BCUT2D eigenvalue weighted by Crippen LogP contribution is 2.27. The molecule has 0 radical (unpaired) electrons. The van der Waals surface area contributed by atoms with Gasteiger partial charge in [-0.25, -0.2) is 13.4 Å². The standard InChI is InChI=1S/C19H23N3O3S2/c1-4-19(23)21-17-9-10-22(11-13(17)2)27(24,25)16-7-5-15(6-8-16)18-12-26-14(3)20-18/h4-8,12-13,17H,1,9-11H2,2-3H3,(H,21,23). The Bertz CT molecular complexity index is 935. The fraction of sp³-hybridized carbons (Fsp3) is 0.368. The predicted octanol–water partition coefficient (Wildman–Crippen LogP) is 2.82. The van der Waals surface area contributed by atoms with Crippen LogP contribution in [0, 0.1) is 12.8 Å². The number of hydrogen-bond acceptors (Lipinski definition) is 5. The molecule has 1 aromatic carbocycles. The smallest absolute Gasteiger partial charge is 0.243 e. The van der Waals surface area contributed by atoms with E-state index in [0.29, 0.717) is 19.5 Å². The lowest BCUT2D eigenvalue weighted by atomic mass is 9.95. The summed E-state index contributed by atoms with van der Waals surface area (Å²) in [6.07, 6.45) is 1.82. The maximum absolute atomic E-state index is 13.0. The zero-order valence-electron chi connectivity index (χ0n) is 15.4. The van der Waals surface area contributed by atoms with Gasteiger partial charge in [0.05, 0.1) is 15.6 Å². The first-order chi connectivity index (χ1) is 12.8. The van der Waals surface area contributed by atoms with Crippen molar-refractivity contribution < 1.29 is 13.2 Å². The lowest BCUT2D eigenvalue weighted by Crippen LogP contribution is -2.51. The van der Waals surface area contributed by atoms with Crippen LogP contribution in [0.1, 0.15) is 18.4 Å². The molecule has 0 aliphatic carbocycles. The number of nitrogens with one attached hydrogen (secondary N) is 1. The summed E-state index contributed by atoms with van der Waals surface area (Å²) >= 11 is 1.56. The molecular weight excluding hydrogens is 382 g/mol. The van der Waals surface area contributed by atoms with Crippen molar-refractivity contribution >= 4 is 27.3 Å². The van der Waals surface area contributed by atoms with Crippen LogP contribution in [0.15, 0.2) is 47.2 Å². The molecule has 144 valence electrons. The van der Waals surface area contributed by atoms with Gasteiger partial charge in [0.15, 0.2) is 0 Å². The lowest BCUT2D eigenvalue weighted by molar-refractivity contribution is -0.117. The van der Waals surface area contributed by atoms with Gasteiger partial charge in [-0.05, 0) is 37.5 Å². The first-order valence-corrected chi connectivity index (χ1v) is 11.1. The van der Waals surface area contributed by atoms with E-state index < -0.39 is 10.0 Å². The number of benzene rings is 1. The number of nitrogens with zero attached hydrogens (tertiary/aromatic N) is 2. The number of sulfonamides is 1. The van der Waals surface area contributed by atoms with Crippen LogP contribution >= 0.6 is 11.3 Å². The first-order valence-electron chi connectivity index (χ1n) is 8.77. The summed E-state index contributed by atoms with van der Waals surface area (Å²) in [6, 6.07) is 6.81. The van der Waals surface area contributed by atoms with E-state index in [9.17, 15) is 13.2 Å². The van der Waals surface area contributed by atoms with E-state index in [1.807, 2.05) is 19.2 Å². The molecule has 1 N–H and O–H groups in total. The van der Waals surface area contributed by atoms with Gasteiger partial charge in [-0.3, -0.25) is 4.79 Å². The fourth-order valence-corrected chi connectivity index (χ4v) is 5.40. The van der Waals surface area contributed by atoms with Gasteiger partial charge in [0, 0.05) is 30.1 Å². The molecule has 3 rings (SSSR count). The summed E-state index contributed by atoms with van der Waals surface area (Å²) in [5, 5.41) is 5.81. The molecule has 0 spiro atoms. The van der Waals surface area contributed by atoms with Crippen molar-refractivity contribution in [1.29, 1.82) is 0 Å². The highest BCUT2D eigenvalue weighted by atomic mass is 32.2. The van der Waals surface area contributed by atoms with E-state index in [1.165, 1.54) is 10.4 Å². The molecule has 1 fully saturated rings. The molecule has 27 heavy (non-hydrogen) atoms. The van der Waals surface area contributed by atoms with Gasteiger partial charge in [0.25, 0.3) is 0 Å². The molecule has 2 aromatic rings. The van der Waals surface area contributed by atoms with Gasteiger partial charge >= 0.3 is 0 Å². The maximum Gasteiger partial charge on any atom is 0.243 e. The minimum Gasteiger partial charge on any atom is -0.349 e. The number of carbonyl (C=O) groups excluding carboxylic acids is 1. The summed E-state index contributed by atoms with van der Waals surface area (Å²) < 4.78 is 27.5. The average molecular weight is 406 g/mol. The highest BCUT2D eigenvalue weighted by Gasteiger charge is 2.33. The number of hydrogen-bond donors (Lipinski definition) is 1.